The van der Waals surface area contributed by atoms with Gasteiger partial charge in [-0.05, 0) is 60.4 Å². The zero-order chi connectivity index (χ0) is 14.6. The molecule has 0 spiro atoms. The molecule has 1 saturated heterocycles. The van der Waals surface area contributed by atoms with Crippen molar-refractivity contribution in [3.05, 3.63) is 0 Å². The number of rotatable bonds is 6. The van der Waals surface area contributed by atoms with Crippen molar-refractivity contribution >= 4 is 5.97 Å². The van der Waals surface area contributed by atoms with Gasteiger partial charge >= 0.3 is 5.97 Å². The molecule has 0 saturated carbocycles. The van der Waals surface area contributed by atoms with Gasteiger partial charge < -0.3 is 5.11 Å². The van der Waals surface area contributed by atoms with Crippen molar-refractivity contribution in [2.24, 2.45) is 0 Å². The van der Waals surface area contributed by atoms with Gasteiger partial charge in [-0.25, -0.2) is 0 Å². The number of likely N-dealkylation sites (tertiary alicyclic amines) is 1. The summed E-state index contributed by atoms with van der Waals surface area (Å²) in [6.07, 6.45) is 4.40. The second kappa shape index (κ2) is 6.71. The van der Waals surface area contributed by atoms with E-state index < -0.39 is 11.5 Å². The van der Waals surface area contributed by atoms with Crippen LogP contribution in [0.25, 0.3) is 0 Å². The van der Waals surface area contributed by atoms with Crippen LogP contribution in [0.15, 0.2) is 0 Å². The maximum atomic E-state index is 11.6. The number of aliphatic carboxylic acids is 1. The molecule has 1 aliphatic heterocycles. The van der Waals surface area contributed by atoms with Gasteiger partial charge in [-0.3, -0.25) is 15.0 Å². The number of piperidine rings is 1. The fourth-order valence-electron chi connectivity index (χ4n) is 3.33. The van der Waals surface area contributed by atoms with Crippen molar-refractivity contribution in [2.45, 2.75) is 84.0 Å². The van der Waals surface area contributed by atoms with Crippen LogP contribution in [-0.4, -0.2) is 46.2 Å². The lowest BCUT2D eigenvalue weighted by atomic mass is 9.90. The molecule has 0 aliphatic carbocycles. The number of nitrogens with zero attached hydrogens (tertiary/aromatic N) is 1. The van der Waals surface area contributed by atoms with Crippen LogP contribution >= 0.6 is 0 Å². The van der Waals surface area contributed by atoms with Crippen molar-refractivity contribution in [1.29, 1.82) is 0 Å². The van der Waals surface area contributed by atoms with E-state index in [9.17, 15) is 9.90 Å². The molecule has 19 heavy (non-hydrogen) atoms. The number of hydrogen-bond donors (Lipinski definition) is 2. The summed E-state index contributed by atoms with van der Waals surface area (Å²) in [5, 5.41) is 12.7. The molecule has 3 unspecified atom stereocenters. The van der Waals surface area contributed by atoms with E-state index in [1.165, 1.54) is 19.3 Å². The lowest BCUT2D eigenvalue weighted by molar-refractivity contribution is -0.145. The van der Waals surface area contributed by atoms with Crippen molar-refractivity contribution in [1.82, 2.24) is 10.2 Å². The Hall–Kier alpha value is -0.610. The Labute approximate surface area is 117 Å². The first-order valence-corrected chi connectivity index (χ1v) is 7.53. The van der Waals surface area contributed by atoms with Crippen LogP contribution in [0.1, 0.15) is 60.3 Å². The normalized spacial score (nSPS) is 26.1. The molecule has 112 valence electrons. The molecule has 1 heterocycles. The Balaban J connectivity index is 2.70. The monoisotopic (exact) mass is 270 g/mol. The minimum Gasteiger partial charge on any atom is -0.480 e. The summed E-state index contributed by atoms with van der Waals surface area (Å²) in [6, 6.07) is 1.04. The van der Waals surface area contributed by atoms with Gasteiger partial charge in [-0.1, -0.05) is 6.42 Å². The van der Waals surface area contributed by atoms with E-state index in [0.29, 0.717) is 18.5 Å². The van der Waals surface area contributed by atoms with Crippen molar-refractivity contribution in [3.8, 4) is 0 Å². The summed E-state index contributed by atoms with van der Waals surface area (Å²) >= 11 is 0. The third-order valence-electron chi connectivity index (χ3n) is 4.20. The number of nitrogens with one attached hydrogen (secondary N) is 1. The fraction of sp³-hybridized carbons (Fsp3) is 0.933. The fourth-order valence-corrected chi connectivity index (χ4v) is 3.33. The maximum absolute atomic E-state index is 11.6. The molecule has 0 amide bonds. The Kier molecular flexibility index (Phi) is 5.81. The van der Waals surface area contributed by atoms with E-state index in [4.69, 9.17) is 0 Å². The molecule has 0 aromatic carbocycles. The molecule has 0 aromatic rings. The smallest absolute Gasteiger partial charge is 0.323 e. The van der Waals surface area contributed by atoms with Crippen molar-refractivity contribution in [2.75, 3.05) is 6.54 Å². The Morgan fingerprint density at radius 2 is 2.05 bits per heavy atom. The third kappa shape index (κ3) is 4.46. The van der Waals surface area contributed by atoms with E-state index in [1.54, 1.807) is 6.92 Å². The Morgan fingerprint density at radius 1 is 1.42 bits per heavy atom. The van der Waals surface area contributed by atoms with Gasteiger partial charge in [0.15, 0.2) is 0 Å². The Morgan fingerprint density at radius 3 is 2.53 bits per heavy atom. The number of carboxylic acid groups (broad SMARTS) is 1. The summed E-state index contributed by atoms with van der Waals surface area (Å²) in [7, 11) is 0. The second-order valence-corrected chi connectivity index (χ2v) is 6.57. The molecule has 1 fully saturated rings. The second-order valence-electron chi connectivity index (χ2n) is 6.57. The predicted octanol–water partition coefficient (Wildman–Crippen LogP) is 2.48. The minimum atomic E-state index is -0.843. The molecule has 4 nitrogen and oxygen atoms in total. The topological polar surface area (TPSA) is 52.6 Å². The van der Waals surface area contributed by atoms with E-state index in [1.807, 2.05) is 13.8 Å². The first kappa shape index (κ1) is 16.4. The lowest BCUT2D eigenvalue weighted by Crippen LogP contribution is -2.56. The number of carboxylic acids is 1. The van der Waals surface area contributed by atoms with E-state index in [0.717, 1.165) is 6.54 Å². The van der Waals surface area contributed by atoms with E-state index >= 15 is 0 Å². The van der Waals surface area contributed by atoms with Crippen LogP contribution in [0.4, 0.5) is 0 Å². The van der Waals surface area contributed by atoms with Gasteiger partial charge in [0.2, 0.25) is 0 Å². The summed E-state index contributed by atoms with van der Waals surface area (Å²) < 4.78 is 0. The first-order chi connectivity index (χ1) is 8.76. The molecule has 3 atom stereocenters. The highest BCUT2D eigenvalue weighted by Crippen LogP contribution is 2.24. The molecule has 0 aromatic heterocycles. The molecule has 1 aliphatic rings. The lowest BCUT2D eigenvalue weighted by Gasteiger charge is -2.41. The summed E-state index contributed by atoms with van der Waals surface area (Å²) in [4.78, 5) is 14.0. The van der Waals surface area contributed by atoms with Crippen LogP contribution in [-0.2, 0) is 4.79 Å². The molecule has 0 bridgehead atoms. The standard InChI is InChI=1S/C15H30N2O2/c1-11(2)16-15(5,14(18)19)10-13(4)17-9-7-6-8-12(17)3/h11-13,16H,6-10H2,1-5H3,(H,18,19). The predicted molar refractivity (Wildman–Crippen MR) is 78.4 cm³/mol. The SMILES string of the molecule is CC(C)NC(C)(CC(C)N1CCCCC1C)C(=O)O. The molecular weight excluding hydrogens is 240 g/mol. The van der Waals surface area contributed by atoms with Crippen LogP contribution in [0.3, 0.4) is 0 Å². The van der Waals surface area contributed by atoms with Crippen LogP contribution < -0.4 is 5.32 Å². The summed E-state index contributed by atoms with van der Waals surface area (Å²) in [5.74, 6) is -0.752. The van der Waals surface area contributed by atoms with Gasteiger partial charge in [-0.15, -0.1) is 0 Å². The third-order valence-corrected chi connectivity index (χ3v) is 4.20. The van der Waals surface area contributed by atoms with E-state index in [-0.39, 0.29) is 6.04 Å². The number of hydrogen-bond acceptors (Lipinski definition) is 3. The van der Waals surface area contributed by atoms with Gasteiger partial charge in [0.25, 0.3) is 0 Å². The van der Waals surface area contributed by atoms with Gasteiger partial charge in [-0.2, -0.15) is 0 Å². The molecule has 2 N–H and O–H groups in total. The average Bonchev–Trinajstić information content (AvgIpc) is 2.27. The molecule has 1 rings (SSSR count). The van der Waals surface area contributed by atoms with Crippen molar-refractivity contribution < 1.29 is 9.90 Å². The average molecular weight is 270 g/mol. The minimum absolute atomic E-state index is 0.173. The van der Waals surface area contributed by atoms with E-state index in [2.05, 4.69) is 24.1 Å². The highest BCUT2D eigenvalue weighted by Gasteiger charge is 2.37. The number of carbonyl (C=O) groups is 1. The molecular formula is C15H30N2O2. The quantitative estimate of drug-likeness (QED) is 0.778. The maximum Gasteiger partial charge on any atom is 0.323 e. The summed E-state index contributed by atoms with van der Waals surface area (Å²) in [6.45, 7) is 11.3. The molecule has 0 radical (unpaired) electrons. The van der Waals surface area contributed by atoms with Gasteiger partial charge in [0, 0.05) is 18.1 Å². The van der Waals surface area contributed by atoms with Gasteiger partial charge in [0.1, 0.15) is 5.54 Å². The zero-order valence-electron chi connectivity index (χ0n) is 13.1. The summed E-state index contributed by atoms with van der Waals surface area (Å²) in [5.41, 5.74) is -0.843. The zero-order valence-corrected chi connectivity index (χ0v) is 13.1. The highest BCUT2D eigenvalue weighted by molar-refractivity contribution is 5.78. The van der Waals surface area contributed by atoms with Crippen molar-refractivity contribution in [3.63, 3.8) is 0 Å². The van der Waals surface area contributed by atoms with Gasteiger partial charge in [0.05, 0.1) is 0 Å². The van der Waals surface area contributed by atoms with Crippen LogP contribution in [0.2, 0.25) is 0 Å². The molecule has 4 heteroatoms. The Bertz CT molecular complexity index is 307. The highest BCUT2D eigenvalue weighted by atomic mass is 16.4. The largest absolute Gasteiger partial charge is 0.480 e. The van der Waals surface area contributed by atoms with Crippen LogP contribution in [0, 0.1) is 0 Å². The first-order valence-electron chi connectivity index (χ1n) is 7.53. The van der Waals surface area contributed by atoms with Crippen LogP contribution in [0.5, 0.6) is 0 Å².